The van der Waals surface area contributed by atoms with E-state index in [4.69, 9.17) is 0 Å². The number of carbonyl (C=O) groups is 1. The number of hydrogen-bond acceptors (Lipinski definition) is 1. The molecule has 3 rings (SSSR count). The molecule has 1 unspecified atom stereocenters. The average Bonchev–Trinajstić information content (AvgIpc) is 2.77. The lowest BCUT2D eigenvalue weighted by molar-refractivity contribution is -0.124. The fourth-order valence-electron chi connectivity index (χ4n) is 5.01. The molecule has 1 saturated carbocycles. The number of halogens is 1. The molecule has 0 amide bonds. The Kier molecular flexibility index (Phi) is 8.24. The summed E-state index contributed by atoms with van der Waals surface area (Å²) in [6, 6.07) is 15.5. The van der Waals surface area contributed by atoms with Crippen LogP contribution >= 0.6 is 0 Å². The van der Waals surface area contributed by atoms with E-state index in [-0.39, 0.29) is 19.1 Å². The van der Waals surface area contributed by atoms with Crippen molar-refractivity contribution in [2.24, 2.45) is 11.8 Å². The molecule has 2 atom stereocenters. The minimum Gasteiger partial charge on any atom is -0.299 e. The van der Waals surface area contributed by atoms with Gasteiger partial charge in [0, 0.05) is 13.3 Å². The molecule has 2 aromatic rings. The minimum absolute atomic E-state index is 0. The van der Waals surface area contributed by atoms with E-state index in [9.17, 15) is 9.18 Å². The second-order valence-electron chi connectivity index (χ2n) is 9.30. The van der Waals surface area contributed by atoms with E-state index in [1.54, 1.807) is 12.1 Å². The maximum absolute atomic E-state index is 13.5. The van der Waals surface area contributed by atoms with Gasteiger partial charge in [-0.3, -0.25) is 4.79 Å². The summed E-state index contributed by atoms with van der Waals surface area (Å²) in [4.78, 5) is 13.4. The van der Waals surface area contributed by atoms with Gasteiger partial charge in [-0.2, -0.15) is 0 Å². The summed E-state index contributed by atoms with van der Waals surface area (Å²) < 4.78 is 13.5. The van der Waals surface area contributed by atoms with E-state index in [1.807, 2.05) is 0 Å². The van der Waals surface area contributed by atoms with Crippen LogP contribution in [0.3, 0.4) is 0 Å². The smallest absolute Gasteiger partial charge is 0.143 e. The van der Waals surface area contributed by atoms with Gasteiger partial charge in [0.25, 0.3) is 0 Å². The largest absolute Gasteiger partial charge is 0.299 e. The predicted octanol–water partition coefficient (Wildman–Crippen LogP) is 8.09. The summed E-state index contributed by atoms with van der Waals surface area (Å²) in [7, 11) is 0. The van der Waals surface area contributed by atoms with Crippen LogP contribution in [0.2, 0.25) is 0 Å². The van der Waals surface area contributed by atoms with Gasteiger partial charge in [-0.15, -0.1) is 0 Å². The molecule has 2 heteroatoms. The summed E-state index contributed by atoms with van der Waals surface area (Å²) >= 11 is 0. The highest BCUT2D eigenvalue weighted by Crippen LogP contribution is 2.36. The topological polar surface area (TPSA) is 17.1 Å². The second-order valence-corrected chi connectivity index (χ2v) is 9.30. The number of carbonyl (C=O) groups excluding carboxylic acids is 1. The van der Waals surface area contributed by atoms with Gasteiger partial charge < -0.3 is 0 Å². The first-order chi connectivity index (χ1) is 14.5. The first-order valence-corrected chi connectivity index (χ1v) is 11.9. The van der Waals surface area contributed by atoms with Crippen LogP contribution in [0.5, 0.6) is 0 Å². The molecule has 0 saturated heterocycles. The molecule has 0 aromatic heterocycles. The van der Waals surface area contributed by atoms with E-state index in [1.165, 1.54) is 48.9 Å². The van der Waals surface area contributed by atoms with E-state index in [2.05, 4.69) is 45.0 Å². The number of benzene rings is 2. The summed E-state index contributed by atoms with van der Waals surface area (Å²) in [6.07, 6.45) is 8.70. The molecule has 164 valence electrons. The highest BCUT2D eigenvalue weighted by Gasteiger charge is 2.27. The molecule has 0 spiro atoms. The van der Waals surface area contributed by atoms with Gasteiger partial charge in [0.2, 0.25) is 0 Å². The van der Waals surface area contributed by atoms with Crippen molar-refractivity contribution in [3.05, 3.63) is 71.0 Å². The number of ketones is 1. The fraction of sp³-hybridized carbons (Fsp3) is 0.536. The third-order valence-corrected chi connectivity index (χ3v) is 7.05. The molecular weight excluding hydrogens is 371 g/mol. The van der Waals surface area contributed by atoms with Crippen LogP contribution in [0.25, 0.3) is 0 Å². The standard InChI is InChI=1S/C28H37FO.H2/c1-4-6-22(5-2)28(30)27(25-15-17-26(29)18-16-25)19-21-9-13-24(14-10-21)23-11-7-20(3)8-12-23;/h9-10,13-18,20,22-23,27H,4-8,11-12,19H2,1-3H3;1H/t20?,22-,23?,27?;/m1./s1. The van der Waals surface area contributed by atoms with Crippen molar-refractivity contribution < 1.29 is 10.6 Å². The first kappa shape index (κ1) is 22.7. The van der Waals surface area contributed by atoms with Crippen molar-refractivity contribution in [3.8, 4) is 0 Å². The monoisotopic (exact) mass is 410 g/mol. The Morgan fingerprint density at radius 3 is 2.20 bits per heavy atom. The maximum atomic E-state index is 13.5. The Bertz CT molecular complexity index is 791. The zero-order valence-electron chi connectivity index (χ0n) is 18.9. The Hall–Kier alpha value is -1.96. The van der Waals surface area contributed by atoms with Crippen LogP contribution in [-0.4, -0.2) is 5.78 Å². The van der Waals surface area contributed by atoms with E-state index in [0.29, 0.717) is 18.1 Å². The Balaban J connectivity index is 0.00000341. The molecule has 30 heavy (non-hydrogen) atoms. The highest BCUT2D eigenvalue weighted by atomic mass is 19.1. The second kappa shape index (κ2) is 10.9. The van der Waals surface area contributed by atoms with Gasteiger partial charge >= 0.3 is 0 Å². The van der Waals surface area contributed by atoms with Crippen LogP contribution in [0.15, 0.2) is 48.5 Å². The lowest BCUT2D eigenvalue weighted by Gasteiger charge is -2.27. The van der Waals surface area contributed by atoms with Gasteiger partial charge in [-0.1, -0.05) is 76.4 Å². The van der Waals surface area contributed by atoms with Crippen molar-refractivity contribution >= 4 is 5.78 Å². The molecular formula is C28H39FO. The third kappa shape index (κ3) is 5.80. The SMILES string of the molecule is CCC[C@@H](CC)C(=O)C(Cc1ccc(C2CCC(C)CC2)cc1)c1ccc(F)cc1.[HH]. The molecule has 0 aliphatic heterocycles. The molecule has 1 fully saturated rings. The molecule has 1 aliphatic carbocycles. The van der Waals surface area contributed by atoms with Gasteiger partial charge in [-0.05, 0) is 72.8 Å². The molecule has 0 radical (unpaired) electrons. The van der Waals surface area contributed by atoms with E-state index >= 15 is 0 Å². The van der Waals surface area contributed by atoms with Gasteiger partial charge in [0.05, 0.1) is 0 Å². The number of Topliss-reactive ketones (excluding diaryl/α,β-unsaturated/α-hetero) is 1. The van der Waals surface area contributed by atoms with Crippen molar-refractivity contribution in [1.82, 2.24) is 0 Å². The molecule has 0 bridgehead atoms. The summed E-state index contributed by atoms with van der Waals surface area (Å²) in [6.45, 7) is 6.58. The molecule has 0 N–H and O–H groups in total. The van der Waals surface area contributed by atoms with Crippen LogP contribution in [-0.2, 0) is 11.2 Å². The number of rotatable bonds is 9. The summed E-state index contributed by atoms with van der Waals surface area (Å²) in [5, 5.41) is 0. The molecule has 1 aliphatic rings. The van der Waals surface area contributed by atoms with Crippen LogP contribution in [0.4, 0.5) is 4.39 Å². The average molecular weight is 411 g/mol. The summed E-state index contributed by atoms with van der Waals surface area (Å²) in [5.41, 5.74) is 3.56. The van der Waals surface area contributed by atoms with Gasteiger partial charge in [-0.25, -0.2) is 4.39 Å². The molecule has 2 aromatic carbocycles. The molecule has 1 nitrogen and oxygen atoms in total. The van der Waals surface area contributed by atoms with Crippen molar-refractivity contribution in [2.75, 3.05) is 0 Å². The normalized spacial score (nSPS) is 21.2. The van der Waals surface area contributed by atoms with Crippen molar-refractivity contribution in [3.63, 3.8) is 0 Å². The van der Waals surface area contributed by atoms with Crippen molar-refractivity contribution in [2.45, 2.75) is 84.0 Å². The summed E-state index contributed by atoms with van der Waals surface area (Å²) in [5.74, 6) is 1.46. The van der Waals surface area contributed by atoms with E-state index < -0.39 is 0 Å². The zero-order chi connectivity index (χ0) is 21.5. The maximum Gasteiger partial charge on any atom is 0.143 e. The van der Waals surface area contributed by atoms with Crippen LogP contribution in [0.1, 0.15) is 95.7 Å². The third-order valence-electron chi connectivity index (χ3n) is 7.05. The lowest BCUT2D eigenvalue weighted by atomic mass is 9.78. The van der Waals surface area contributed by atoms with Crippen LogP contribution < -0.4 is 0 Å². The van der Waals surface area contributed by atoms with Gasteiger partial charge in [0.1, 0.15) is 11.6 Å². The fourth-order valence-corrected chi connectivity index (χ4v) is 5.01. The van der Waals surface area contributed by atoms with Crippen LogP contribution in [0, 0.1) is 17.7 Å². The first-order valence-electron chi connectivity index (χ1n) is 11.9. The minimum atomic E-state index is -0.253. The molecule has 0 heterocycles. The van der Waals surface area contributed by atoms with Crippen molar-refractivity contribution in [1.29, 1.82) is 0 Å². The lowest BCUT2D eigenvalue weighted by Crippen LogP contribution is -2.23. The quantitative estimate of drug-likeness (QED) is 0.408. The number of hydrogen-bond donors (Lipinski definition) is 0. The Labute approximate surface area is 183 Å². The predicted molar refractivity (Wildman–Crippen MR) is 125 cm³/mol. The van der Waals surface area contributed by atoms with E-state index in [0.717, 1.165) is 30.7 Å². The Morgan fingerprint density at radius 2 is 1.63 bits per heavy atom. The van der Waals surface area contributed by atoms with Gasteiger partial charge in [0.15, 0.2) is 0 Å². The Morgan fingerprint density at radius 1 is 1.00 bits per heavy atom. The zero-order valence-corrected chi connectivity index (χ0v) is 18.9. The highest BCUT2D eigenvalue weighted by molar-refractivity contribution is 5.88.